The predicted octanol–water partition coefficient (Wildman–Crippen LogP) is 2.91. The molecule has 1 aromatic carbocycles. The fourth-order valence-electron chi connectivity index (χ4n) is 3.87. The zero-order chi connectivity index (χ0) is 21.9. The Morgan fingerprint density at radius 1 is 1.10 bits per heavy atom. The predicted molar refractivity (Wildman–Crippen MR) is 104 cm³/mol. The minimum absolute atomic E-state index is 0.174. The lowest BCUT2D eigenvalue weighted by molar-refractivity contribution is -0.140. The molecular weight excluding hydrogens is 401 g/mol. The number of urea groups is 1. The summed E-state index contributed by atoms with van der Waals surface area (Å²) in [5, 5.41) is 4.56. The molecule has 3 rings (SSSR count). The SMILES string of the molecule is Cc1cccc(C(=O)N2CCCC2)c1NC(=O)N1CCCC1C(=O)NCC(F)(F)F. The van der Waals surface area contributed by atoms with Crippen LogP contribution in [0.25, 0.3) is 0 Å². The number of hydrogen-bond acceptors (Lipinski definition) is 3. The number of para-hydroxylation sites is 1. The lowest BCUT2D eigenvalue weighted by Gasteiger charge is -2.26. The third-order valence-corrected chi connectivity index (χ3v) is 5.41. The van der Waals surface area contributed by atoms with Gasteiger partial charge in [0.2, 0.25) is 5.91 Å². The molecule has 0 spiro atoms. The van der Waals surface area contributed by atoms with Gasteiger partial charge < -0.3 is 20.4 Å². The van der Waals surface area contributed by atoms with E-state index in [1.807, 2.05) is 5.32 Å². The van der Waals surface area contributed by atoms with Crippen molar-refractivity contribution in [3.05, 3.63) is 29.3 Å². The second-order valence-electron chi connectivity index (χ2n) is 7.61. The smallest absolute Gasteiger partial charge is 0.345 e. The monoisotopic (exact) mass is 426 g/mol. The molecule has 0 saturated carbocycles. The van der Waals surface area contributed by atoms with Gasteiger partial charge in [0.15, 0.2) is 0 Å². The average molecular weight is 426 g/mol. The molecule has 0 aromatic heterocycles. The van der Waals surface area contributed by atoms with Crippen LogP contribution in [0.5, 0.6) is 0 Å². The number of carbonyl (C=O) groups excluding carboxylic acids is 3. The van der Waals surface area contributed by atoms with Gasteiger partial charge >= 0.3 is 12.2 Å². The molecule has 2 aliphatic rings. The van der Waals surface area contributed by atoms with Crippen molar-refractivity contribution < 1.29 is 27.6 Å². The van der Waals surface area contributed by atoms with Crippen LogP contribution in [0.2, 0.25) is 0 Å². The highest BCUT2D eigenvalue weighted by molar-refractivity contribution is 6.05. The number of aryl methyl sites for hydroxylation is 1. The Morgan fingerprint density at radius 2 is 1.80 bits per heavy atom. The Balaban J connectivity index is 1.73. The summed E-state index contributed by atoms with van der Waals surface area (Å²) < 4.78 is 37.2. The molecule has 2 aliphatic heterocycles. The molecular formula is C20H25F3N4O3. The van der Waals surface area contributed by atoms with Gasteiger partial charge in [-0.2, -0.15) is 13.2 Å². The van der Waals surface area contributed by atoms with Gasteiger partial charge in [0, 0.05) is 19.6 Å². The summed E-state index contributed by atoms with van der Waals surface area (Å²) in [7, 11) is 0. The molecule has 2 saturated heterocycles. The molecule has 2 fully saturated rings. The quantitative estimate of drug-likeness (QED) is 0.777. The molecule has 30 heavy (non-hydrogen) atoms. The van der Waals surface area contributed by atoms with Crippen molar-refractivity contribution in [2.75, 3.05) is 31.5 Å². The van der Waals surface area contributed by atoms with Gasteiger partial charge in [0.1, 0.15) is 12.6 Å². The topological polar surface area (TPSA) is 81.8 Å². The molecule has 10 heteroatoms. The lowest BCUT2D eigenvalue weighted by Crippen LogP contribution is -2.49. The van der Waals surface area contributed by atoms with Crippen molar-refractivity contribution in [1.29, 1.82) is 0 Å². The minimum Gasteiger partial charge on any atom is -0.345 e. The Labute approximate surface area is 172 Å². The fourth-order valence-corrected chi connectivity index (χ4v) is 3.87. The van der Waals surface area contributed by atoms with E-state index in [1.165, 1.54) is 4.90 Å². The first-order valence-corrected chi connectivity index (χ1v) is 9.98. The zero-order valence-electron chi connectivity index (χ0n) is 16.7. The van der Waals surface area contributed by atoms with E-state index < -0.39 is 30.7 Å². The number of anilines is 1. The highest BCUT2D eigenvalue weighted by atomic mass is 19.4. The van der Waals surface area contributed by atoms with Crippen LogP contribution in [0, 0.1) is 6.92 Å². The van der Waals surface area contributed by atoms with E-state index in [-0.39, 0.29) is 18.9 Å². The van der Waals surface area contributed by atoms with Crippen molar-refractivity contribution in [2.45, 2.75) is 44.8 Å². The number of likely N-dealkylation sites (tertiary alicyclic amines) is 2. The van der Waals surface area contributed by atoms with Crippen LogP contribution in [0.4, 0.5) is 23.7 Å². The first kappa shape index (κ1) is 21.9. The standard InChI is InChI=1S/C20H25F3N4O3/c1-13-6-4-7-14(18(29)26-9-2-3-10-26)16(13)25-19(30)27-11-5-8-15(27)17(28)24-12-20(21,22)23/h4,6-7,15H,2-3,5,8-12H2,1H3,(H,24,28)(H,25,30). The summed E-state index contributed by atoms with van der Waals surface area (Å²) >= 11 is 0. The second-order valence-corrected chi connectivity index (χ2v) is 7.61. The number of nitrogens with zero attached hydrogens (tertiary/aromatic N) is 2. The van der Waals surface area contributed by atoms with Gasteiger partial charge in [-0.05, 0) is 44.2 Å². The van der Waals surface area contributed by atoms with Crippen molar-refractivity contribution in [3.8, 4) is 0 Å². The van der Waals surface area contributed by atoms with Crippen LogP contribution in [-0.4, -0.2) is 66.0 Å². The Kier molecular flexibility index (Phi) is 6.52. The molecule has 164 valence electrons. The normalized spacial score (nSPS) is 19.1. The first-order chi connectivity index (χ1) is 14.2. The zero-order valence-corrected chi connectivity index (χ0v) is 16.7. The van der Waals surface area contributed by atoms with Crippen molar-refractivity contribution >= 4 is 23.5 Å². The molecule has 1 aromatic rings. The molecule has 2 heterocycles. The van der Waals surface area contributed by atoms with Gasteiger partial charge in [-0.3, -0.25) is 9.59 Å². The summed E-state index contributed by atoms with van der Waals surface area (Å²) in [4.78, 5) is 40.9. The van der Waals surface area contributed by atoms with Gasteiger partial charge in [-0.15, -0.1) is 0 Å². The van der Waals surface area contributed by atoms with Crippen molar-refractivity contribution in [3.63, 3.8) is 0 Å². The number of rotatable bonds is 4. The third-order valence-electron chi connectivity index (χ3n) is 5.41. The average Bonchev–Trinajstić information content (AvgIpc) is 3.38. The first-order valence-electron chi connectivity index (χ1n) is 9.98. The van der Waals surface area contributed by atoms with Gasteiger partial charge in [-0.1, -0.05) is 12.1 Å². The number of carbonyl (C=O) groups is 3. The maximum absolute atomic E-state index is 12.9. The number of nitrogens with one attached hydrogen (secondary N) is 2. The van der Waals surface area contributed by atoms with Crippen LogP contribution in [-0.2, 0) is 4.79 Å². The molecule has 1 atom stereocenters. The van der Waals surface area contributed by atoms with E-state index in [2.05, 4.69) is 5.32 Å². The van der Waals surface area contributed by atoms with E-state index in [4.69, 9.17) is 0 Å². The second kappa shape index (κ2) is 8.93. The van der Waals surface area contributed by atoms with Crippen molar-refractivity contribution in [1.82, 2.24) is 15.1 Å². The molecule has 0 aliphatic carbocycles. The van der Waals surface area contributed by atoms with Crippen LogP contribution in [0.1, 0.15) is 41.6 Å². The minimum atomic E-state index is -4.52. The van der Waals surface area contributed by atoms with E-state index in [9.17, 15) is 27.6 Å². The Morgan fingerprint density at radius 3 is 2.47 bits per heavy atom. The fraction of sp³-hybridized carbons (Fsp3) is 0.550. The van der Waals surface area contributed by atoms with E-state index >= 15 is 0 Å². The highest BCUT2D eigenvalue weighted by Crippen LogP contribution is 2.26. The molecule has 7 nitrogen and oxygen atoms in total. The van der Waals surface area contributed by atoms with Gasteiger partial charge in [-0.25, -0.2) is 4.79 Å². The van der Waals surface area contributed by atoms with Crippen LogP contribution in [0.15, 0.2) is 18.2 Å². The molecule has 1 unspecified atom stereocenters. The molecule has 0 bridgehead atoms. The summed E-state index contributed by atoms with van der Waals surface area (Å²) in [6.45, 7) is 1.89. The number of halogens is 3. The van der Waals surface area contributed by atoms with Gasteiger partial charge in [0.25, 0.3) is 5.91 Å². The number of benzene rings is 1. The van der Waals surface area contributed by atoms with Crippen LogP contribution < -0.4 is 10.6 Å². The number of hydrogen-bond donors (Lipinski definition) is 2. The van der Waals surface area contributed by atoms with Crippen LogP contribution in [0.3, 0.4) is 0 Å². The summed E-state index contributed by atoms with van der Waals surface area (Å²) in [6, 6.07) is 3.55. The largest absolute Gasteiger partial charge is 0.405 e. The number of alkyl halides is 3. The maximum atomic E-state index is 12.9. The van der Waals surface area contributed by atoms with E-state index in [1.54, 1.807) is 30.0 Å². The summed E-state index contributed by atoms with van der Waals surface area (Å²) in [5.41, 5.74) is 1.41. The summed E-state index contributed by atoms with van der Waals surface area (Å²) in [6.07, 6.45) is -1.87. The Hall–Kier alpha value is -2.78. The summed E-state index contributed by atoms with van der Waals surface area (Å²) in [5.74, 6) is -1.01. The van der Waals surface area contributed by atoms with E-state index in [0.29, 0.717) is 36.3 Å². The third kappa shape index (κ3) is 5.03. The van der Waals surface area contributed by atoms with Crippen molar-refractivity contribution in [2.24, 2.45) is 0 Å². The number of amides is 4. The maximum Gasteiger partial charge on any atom is 0.405 e. The van der Waals surface area contributed by atoms with E-state index in [0.717, 1.165) is 12.8 Å². The molecule has 0 radical (unpaired) electrons. The lowest BCUT2D eigenvalue weighted by atomic mass is 10.1. The van der Waals surface area contributed by atoms with Crippen LogP contribution >= 0.6 is 0 Å². The highest BCUT2D eigenvalue weighted by Gasteiger charge is 2.37. The molecule has 2 N–H and O–H groups in total. The van der Waals surface area contributed by atoms with Gasteiger partial charge in [0.05, 0.1) is 11.3 Å². The Bertz CT molecular complexity index is 822. The molecule has 4 amide bonds.